The van der Waals surface area contributed by atoms with Crippen molar-refractivity contribution >= 4 is 0 Å². The third-order valence-corrected chi connectivity index (χ3v) is 3.57. The summed E-state index contributed by atoms with van der Waals surface area (Å²) in [6.07, 6.45) is -13.3. The van der Waals surface area contributed by atoms with Crippen molar-refractivity contribution in [2.75, 3.05) is 13.2 Å². The first-order chi connectivity index (χ1) is 9.86. The summed E-state index contributed by atoms with van der Waals surface area (Å²) in [7, 11) is 0. The van der Waals surface area contributed by atoms with Gasteiger partial charge in [-0.25, -0.2) is 0 Å². The Labute approximate surface area is 119 Å². The fourth-order valence-electron chi connectivity index (χ4n) is 2.21. The molecule has 2 aliphatic heterocycles. The van der Waals surface area contributed by atoms with E-state index in [-0.39, 0.29) is 6.61 Å². The second-order valence-corrected chi connectivity index (χ2v) is 5.08. The van der Waals surface area contributed by atoms with Crippen molar-refractivity contribution in [2.45, 2.75) is 55.3 Å². The number of rotatable bonds is 3. The van der Waals surface area contributed by atoms with E-state index in [2.05, 4.69) is 0 Å². The van der Waals surface area contributed by atoms with Gasteiger partial charge in [0.05, 0.1) is 13.2 Å². The quantitative estimate of drug-likeness (QED) is 0.268. The van der Waals surface area contributed by atoms with Crippen LogP contribution in [-0.4, -0.2) is 104 Å². The van der Waals surface area contributed by atoms with E-state index in [9.17, 15) is 30.6 Å². The largest absolute Gasteiger partial charge is 0.394 e. The molecule has 0 aromatic carbocycles. The fraction of sp³-hybridized carbons (Fsp3) is 1.00. The van der Waals surface area contributed by atoms with Crippen LogP contribution >= 0.6 is 0 Å². The molecule has 2 aliphatic rings. The lowest BCUT2D eigenvalue weighted by Gasteiger charge is -2.42. The molecule has 7 N–H and O–H groups in total. The molecule has 2 rings (SSSR count). The summed E-state index contributed by atoms with van der Waals surface area (Å²) in [5.74, 6) is 0. The van der Waals surface area contributed by atoms with Crippen molar-refractivity contribution in [2.24, 2.45) is 0 Å². The molecule has 2 heterocycles. The highest BCUT2D eigenvalue weighted by Crippen LogP contribution is 2.25. The van der Waals surface area contributed by atoms with Crippen LogP contribution in [-0.2, 0) is 14.2 Å². The van der Waals surface area contributed by atoms with Gasteiger partial charge < -0.3 is 50.0 Å². The third kappa shape index (κ3) is 3.35. The molecule has 10 nitrogen and oxygen atoms in total. The number of hydrogen-bond donors (Lipinski definition) is 7. The summed E-state index contributed by atoms with van der Waals surface area (Å²) >= 11 is 0. The van der Waals surface area contributed by atoms with Gasteiger partial charge in [0.1, 0.15) is 42.7 Å². The fourth-order valence-corrected chi connectivity index (χ4v) is 2.21. The molecule has 1 unspecified atom stereocenters. The Balaban J connectivity index is 2.01. The van der Waals surface area contributed by atoms with E-state index >= 15 is 0 Å². The van der Waals surface area contributed by atoms with Crippen molar-refractivity contribution in [1.29, 1.82) is 0 Å². The summed E-state index contributed by atoms with van der Waals surface area (Å²) in [6.45, 7) is -0.930. The summed E-state index contributed by atoms with van der Waals surface area (Å²) < 4.78 is 15.2. The first-order valence-corrected chi connectivity index (χ1v) is 6.48. The topological polar surface area (TPSA) is 169 Å². The van der Waals surface area contributed by atoms with Crippen LogP contribution < -0.4 is 0 Å². The van der Waals surface area contributed by atoms with Crippen LogP contribution in [0.3, 0.4) is 0 Å². The van der Waals surface area contributed by atoms with Crippen LogP contribution in [0.25, 0.3) is 0 Å². The summed E-state index contributed by atoms with van der Waals surface area (Å²) in [5, 5.41) is 66.5. The van der Waals surface area contributed by atoms with Gasteiger partial charge in [-0.2, -0.15) is 0 Å². The van der Waals surface area contributed by atoms with Crippen LogP contribution in [0.5, 0.6) is 0 Å². The minimum Gasteiger partial charge on any atom is -0.394 e. The molecule has 2 saturated heterocycles. The monoisotopic (exact) mass is 312 g/mol. The van der Waals surface area contributed by atoms with Gasteiger partial charge in [0, 0.05) is 0 Å². The van der Waals surface area contributed by atoms with E-state index in [0.717, 1.165) is 0 Å². The first kappa shape index (κ1) is 17.0. The molecule has 0 bridgehead atoms. The van der Waals surface area contributed by atoms with Crippen LogP contribution in [0.15, 0.2) is 0 Å². The van der Waals surface area contributed by atoms with Gasteiger partial charge in [0.25, 0.3) is 0 Å². The zero-order chi connectivity index (χ0) is 15.7. The van der Waals surface area contributed by atoms with Gasteiger partial charge in [-0.05, 0) is 0 Å². The molecular weight excluding hydrogens is 292 g/mol. The highest BCUT2D eigenvalue weighted by Gasteiger charge is 2.47. The summed E-state index contributed by atoms with van der Waals surface area (Å²) in [6, 6.07) is 0. The summed E-state index contributed by atoms with van der Waals surface area (Å²) in [5.41, 5.74) is 0. The lowest BCUT2D eigenvalue weighted by atomic mass is 9.99. The molecule has 0 amide bonds. The van der Waals surface area contributed by atoms with Crippen molar-refractivity contribution in [1.82, 2.24) is 0 Å². The lowest BCUT2D eigenvalue weighted by Crippen LogP contribution is -2.62. The number of hydrogen-bond acceptors (Lipinski definition) is 10. The number of aliphatic hydroxyl groups excluding tert-OH is 7. The van der Waals surface area contributed by atoms with Crippen LogP contribution in [0.2, 0.25) is 0 Å². The zero-order valence-corrected chi connectivity index (χ0v) is 11.0. The maximum Gasteiger partial charge on any atom is 0.189 e. The molecule has 21 heavy (non-hydrogen) atoms. The average molecular weight is 312 g/mol. The SMILES string of the molecule is OC[C@H]1O[C@@H](OC2OC[C@@H](O)[C@@H](O)[C@@H]2O)[C@H](O)[C@@H](O)[C@H]1O. The molecule has 0 aromatic heterocycles. The third-order valence-electron chi connectivity index (χ3n) is 3.57. The van der Waals surface area contributed by atoms with Crippen LogP contribution in [0.1, 0.15) is 0 Å². The zero-order valence-electron chi connectivity index (χ0n) is 11.0. The molecule has 0 radical (unpaired) electrons. The Morgan fingerprint density at radius 3 is 2.05 bits per heavy atom. The minimum atomic E-state index is -1.65. The second kappa shape index (κ2) is 6.79. The normalized spacial score (nSPS) is 51.9. The maximum atomic E-state index is 9.77. The molecule has 0 spiro atoms. The van der Waals surface area contributed by atoms with Gasteiger partial charge in [-0.1, -0.05) is 0 Å². The van der Waals surface area contributed by atoms with Crippen molar-refractivity contribution < 1.29 is 50.0 Å². The van der Waals surface area contributed by atoms with Crippen LogP contribution in [0, 0.1) is 0 Å². The molecule has 0 saturated carbocycles. The molecule has 10 heteroatoms. The molecule has 0 aliphatic carbocycles. The van der Waals surface area contributed by atoms with E-state index in [1.807, 2.05) is 0 Å². The lowest BCUT2D eigenvalue weighted by molar-refractivity contribution is -0.365. The Hall–Kier alpha value is -0.400. The average Bonchev–Trinajstić information content (AvgIpc) is 2.48. The number of aliphatic hydroxyl groups is 7. The van der Waals surface area contributed by atoms with Gasteiger partial charge in [0.15, 0.2) is 12.6 Å². The smallest absolute Gasteiger partial charge is 0.189 e. The molecule has 124 valence electrons. The van der Waals surface area contributed by atoms with Gasteiger partial charge in [-0.3, -0.25) is 0 Å². The van der Waals surface area contributed by atoms with E-state index < -0.39 is 61.9 Å². The predicted molar refractivity (Wildman–Crippen MR) is 62.6 cm³/mol. The maximum absolute atomic E-state index is 9.77. The summed E-state index contributed by atoms with van der Waals surface area (Å²) in [4.78, 5) is 0. The predicted octanol–water partition coefficient (Wildman–Crippen LogP) is -4.76. The molecular formula is C11H20O10. The van der Waals surface area contributed by atoms with Gasteiger partial charge in [0.2, 0.25) is 0 Å². The highest BCUT2D eigenvalue weighted by molar-refractivity contribution is 4.90. The molecule has 0 aromatic rings. The van der Waals surface area contributed by atoms with E-state index in [0.29, 0.717) is 0 Å². The Bertz CT molecular complexity index is 339. The van der Waals surface area contributed by atoms with Crippen molar-refractivity contribution in [3.8, 4) is 0 Å². The van der Waals surface area contributed by atoms with E-state index in [1.165, 1.54) is 0 Å². The van der Waals surface area contributed by atoms with Crippen molar-refractivity contribution in [3.63, 3.8) is 0 Å². The number of ether oxygens (including phenoxy) is 3. The minimum absolute atomic E-state index is 0.305. The van der Waals surface area contributed by atoms with Gasteiger partial charge in [-0.15, -0.1) is 0 Å². The van der Waals surface area contributed by atoms with Crippen molar-refractivity contribution in [3.05, 3.63) is 0 Å². The highest BCUT2D eigenvalue weighted by atomic mass is 16.8. The molecule has 9 atom stereocenters. The van der Waals surface area contributed by atoms with Gasteiger partial charge >= 0.3 is 0 Å². The van der Waals surface area contributed by atoms with Crippen LogP contribution in [0.4, 0.5) is 0 Å². The molecule has 2 fully saturated rings. The van der Waals surface area contributed by atoms with E-state index in [1.54, 1.807) is 0 Å². The Morgan fingerprint density at radius 2 is 1.43 bits per heavy atom. The Kier molecular flexibility index (Phi) is 5.48. The van der Waals surface area contributed by atoms with E-state index in [4.69, 9.17) is 19.3 Å². The standard InChI is InChI=1S/C11H20O10/c12-1-4-6(15)7(16)9(18)11(20-4)21-10-8(17)5(14)3(13)2-19-10/h3-18H,1-2H2/t3-,4-,5-,6+,7+,8+,9-,10?,11+/m1/s1. The Morgan fingerprint density at radius 1 is 0.810 bits per heavy atom. The second-order valence-electron chi connectivity index (χ2n) is 5.08. The first-order valence-electron chi connectivity index (χ1n) is 6.48.